The molecule has 0 unspecified atom stereocenters. The number of methoxy groups -OCH3 is 2. The lowest BCUT2D eigenvalue weighted by Gasteiger charge is -2.09. The lowest BCUT2D eigenvalue weighted by molar-refractivity contribution is -0.115. The van der Waals surface area contributed by atoms with Gasteiger partial charge in [0.25, 0.3) is 0 Å². The molecule has 0 amide bonds. The Bertz CT molecular complexity index is 42.9. The van der Waals surface area contributed by atoms with Crippen molar-refractivity contribution in [1.82, 2.24) is 0 Å². The monoisotopic (exact) mass is 119 g/mol. The highest BCUT2D eigenvalue weighted by atomic mass is 16.7. The molecule has 8 heavy (non-hydrogen) atoms. The molecule has 3 nitrogen and oxygen atoms in total. The highest BCUT2D eigenvalue weighted by Gasteiger charge is 2.01. The van der Waals surface area contributed by atoms with Crippen molar-refractivity contribution in [3.05, 3.63) is 0 Å². The molecule has 49 valence electrons. The summed E-state index contributed by atoms with van der Waals surface area (Å²) in [6, 6.07) is 0. The van der Waals surface area contributed by atoms with Gasteiger partial charge >= 0.3 is 0 Å². The summed E-state index contributed by atoms with van der Waals surface area (Å²) < 4.78 is 9.44. The summed E-state index contributed by atoms with van der Waals surface area (Å²) in [5, 5.41) is 9.90. The maximum Gasteiger partial charge on any atom is 0.159 e. The van der Waals surface area contributed by atoms with Gasteiger partial charge in [-0.2, -0.15) is 0 Å². The van der Waals surface area contributed by atoms with Gasteiger partial charge in [0.05, 0.1) is 6.61 Å². The molecule has 0 aliphatic heterocycles. The SMILES string of the molecule is COC(CC[O])OC. The predicted octanol–water partition coefficient (Wildman–Crippen LogP) is 0.426. The third kappa shape index (κ3) is 2.96. The minimum Gasteiger partial charge on any atom is -0.356 e. The molecule has 0 aliphatic carbocycles. The van der Waals surface area contributed by atoms with E-state index in [0.717, 1.165) is 0 Å². The molecule has 0 aromatic carbocycles. The Balaban J connectivity index is 3.07. The van der Waals surface area contributed by atoms with Crippen molar-refractivity contribution in [3.63, 3.8) is 0 Å². The Morgan fingerprint density at radius 1 is 1.38 bits per heavy atom. The zero-order valence-electron chi connectivity index (χ0n) is 5.22. The molecule has 0 aliphatic rings. The normalized spacial score (nSPS) is 10.5. The van der Waals surface area contributed by atoms with E-state index in [-0.39, 0.29) is 12.9 Å². The molecule has 0 saturated heterocycles. The number of hydrogen-bond acceptors (Lipinski definition) is 2. The maximum absolute atomic E-state index is 9.90. The van der Waals surface area contributed by atoms with Crippen LogP contribution in [0.5, 0.6) is 0 Å². The van der Waals surface area contributed by atoms with Gasteiger partial charge in [-0.3, -0.25) is 0 Å². The number of ether oxygens (including phenoxy) is 2. The Morgan fingerprint density at radius 3 is 2.00 bits per heavy atom. The van der Waals surface area contributed by atoms with E-state index < -0.39 is 0 Å². The van der Waals surface area contributed by atoms with E-state index >= 15 is 0 Å². The van der Waals surface area contributed by atoms with Crippen LogP contribution in [-0.2, 0) is 14.6 Å². The van der Waals surface area contributed by atoms with Crippen LogP contribution < -0.4 is 0 Å². The van der Waals surface area contributed by atoms with E-state index in [1.54, 1.807) is 0 Å². The minimum absolute atomic E-state index is 0.146. The Kier molecular flexibility index (Phi) is 4.95. The fraction of sp³-hybridized carbons (Fsp3) is 1.00. The Labute approximate surface area is 49.2 Å². The highest BCUT2D eigenvalue weighted by Crippen LogP contribution is 1.94. The molecule has 0 aromatic rings. The van der Waals surface area contributed by atoms with E-state index in [1.165, 1.54) is 14.2 Å². The average Bonchev–Trinajstić information content (AvgIpc) is 1.83. The minimum atomic E-state index is -0.313. The van der Waals surface area contributed by atoms with Crippen LogP contribution >= 0.6 is 0 Å². The first kappa shape index (κ1) is 7.88. The molecule has 0 rings (SSSR count). The summed E-state index contributed by atoms with van der Waals surface area (Å²) in [7, 11) is 3.04. The average molecular weight is 119 g/mol. The molecule has 0 aromatic heterocycles. The van der Waals surface area contributed by atoms with Gasteiger partial charge in [0, 0.05) is 20.6 Å². The van der Waals surface area contributed by atoms with Gasteiger partial charge in [0.2, 0.25) is 0 Å². The van der Waals surface area contributed by atoms with Crippen molar-refractivity contribution in [2.75, 3.05) is 20.8 Å². The summed E-state index contributed by atoms with van der Waals surface area (Å²) in [5.74, 6) is 0. The van der Waals surface area contributed by atoms with Crippen molar-refractivity contribution in [2.45, 2.75) is 12.7 Å². The van der Waals surface area contributed by atoms with Crippen LogP contribution in [0.4, 0.5) is 0 Å². The molecule has 1 radical (unpaired) electrons. The van der Waals surface area contributed by atoms with Crippen LogP contribution in [0.25, 0.3) is 0 Å². The summed E-state index contributed by atoms with van der Waals surface area (Å²) in [6.45, 7) is -0.146. The van der Waals surface area contributed by atoms with Gasteiger partial charge < -0.3 is 9.47 Å². The molecule has 0 bridgehead atoms. The van der Waals surface area contributed by atoms with Crippen LogP contribution in [0, 0.1) is 0 Å². The Morgan fingerprint density at radius 2 is 1.88 bits per heavy atom. The fourth-order valence-electron chi connectivity index (χ4n) is 0.428. The van der Waals surface area contributed by atoms with E-state index in [2.05, 4.69) is 0 Å². The van der Waals surface area contributed by atoms with Gasteiger partial charge in [-0.15, -0.1) is 0 Å². The van der Waals surface area contributed by atoms with E-state index in [1.807, 2.05) is 0 Å². The van der Waals surface area contributed by atoms with Gasteiger partial charge in [0.15, 0.2) is 6.29 Å². The lowest BCUT2D eigenvalue weighted by atomic mass is 10.4. The van der Waals surface area contributed by atoms with Crippen LogP contribution in [0.2, 0.25) is 0 Å². The first-order valence-corrected chi connectivity index (χ1v) is 2.48. The predicted molar refractivity (Wildman–Crippen MR) is 28.0 cm³/mol. The second-order valence-electron chi connectivity index (χ2n) is 1.39. The standard InChI is InChI=1S/C5H11O3/c1-7-5(8-2)3-4-6/h5H,3-4H2,1-2H3. The molecule has 0 heterocycles. The Hall–Kier alpha value is -0.120. The summed E-state index contributed by atoms with van der Waals surface area (Å²) in [4.78, 5) is 0. The maximum atomic E-state index is 9.90. The van der Waals surface area contributed by atoms with Crippen LogP contribution in [0.1, 0.15) is 6.42 Å². The second kappa shape index (κ2) is 5.03. The molecular formula is C5H11O3. The van der Waals surface area contributed by atoms with Crippen LogP contribution in [-0.4, -0.2) is 27.1 Å². The van der Waals surface area contributed by atoms with Crippen molar-refractivity contribution in [2.24, 2.45) is 0 Å². The summed E-state index contributed by atoms with van der Waals surface area (Å²) >= 11 is 0. The van der Waals surface area contributed by atoms with Crippen molar-refractivity contribution < 1.29 is 14.6 Å². The largest absolute Gasteiger partial charge is 0.356 e. The van der Waals surface area contributed by atoms with Crippen LogP contribution in [0.3, 0.4) is 0 Å². The summed E-state index contributed by atoms with van der Waals surface area (Å²) in [6.07, 6.45) is 0.111. The first-order valence-electron chi connectivity index (χ1n) is 2.48. The molecule has 3 heteroatoms. The zero-order chi connectivity index (χ0) is 6.41. The smallest absolute Gasteiger partial charge is 0.159 e. The van der Waals surface area contributed by atoms with E-state index in [9.17, 15) is 5.11 Å². The van der Waals surface area contributed by atoms with Crippen molar-refractivity contribution in [1.29, 1.82) is 0 Å². The fourth-order valence-corrected chi connectivity index (χ4v) is 0.428. The molecule has 0 atom stereocenters. The van der Waals surface area contributed by atoms with Gasteiger partial charge in [-0.1, -0.05) is 0 Å². The topological polar surface area (TPSA) is 38.4 Å². The quantitative estimate of drug-likeness (QED) is 0.503. The van der Waals surface area contributed by atoms with Gasteiger partial charge in [-0.25, -0.2) is 5.11 Å². The third-order valence-electron chi connectivity index (χ3n) is 0.879. The zero-order valence-corrected chi connectivity index (χ0v) is 5.22. The van der Waals surface area contributed by atoms with Crippen molar-refractivity contribution >= 4 is 0 Å². The summed E-state index contributed by atoms with van der Waals surface area (Å²) in [5.41, 5.74) is 0. The van der Waals surface area contributed by atoms with Crippen LogP contribution in [0.15, 0.2) is 0 Å². The second-order valence-corrected chi connectivity index (χ2v) is 1.39. The van der Waals surface area contributed by atoms with Gasteiger partial charge in [-0.05, 0) is 0 Å². The van der Waals surface area contributed by atoms with Crippen molar-refractivity contribution in [3.8, 4) is 0 Å². The highest BCUT2D eigenvalue weighted by molar-refractivity contribution is 4.37. The molecule has 0 saturated carbocycles. The van der Waals surface area contributed by atoms with Gasteiger partial charge in [0.1, 0.15) is 0 Å². The number of rotatable bonds is 4. The molecular weight excluding hydrogens is 108 g/mol. The lowest BCUT2D eigenvalue weighted by Crippen LogP contribution is -2.13. The number of hydrogen-bond donors (Lipinski definition) is 0. The molecule has 0 fully saturated rings. The molecule has 0 N–H and O–H groups in total. The third-order valence-corrected chi connectivity index (χ3v) is 0.879. The van der Waals surface area contributed by atoms with E-state index in [0.29, 0.717) is 6.42 Å². The van der Waals surface area contributed by atoms with E-state index in [4.69, 9.17) is 9.47 Å². The molecule has 0 spiro atoms. The first-order chi connectivity index (χ1) is 3.85.